The second kappa shape index (κ2) is 6.70. The average molecular weight is 302 g/mol. The number of rotatable bonds is 4. The average Bonchev–Trinajstić information content (AvgIpc) is 2.56. The van der Waals surface area contributed by atoms with Crippen LogP contribution in [-0.2, 0) is 6.54 Å². The number of nitrogens with zero attached hydrogens (tertiary/aromatic N) is 4. The monoisotopic (exact) mass is 302 g/mol. The van der Waals surface area contributed by atoms with Crippen LogP contribution in [0.5, 0.6) is 5.88 Å². The van der Waals surface area contributed by atoms with Gasteiger partial charge in [-0.1, -0.05) is 12.1 Å². The predicted octanol–water partition coefficient (Wildman–Crippen LogP) is 1.95. The first-order valence-corrected chi connectivity index (χ1v) is 7.33. The summed E-state index contributed by atoms with van der Waals surface area (Å²) in [5.41, 5.74) is 1.01. The number of anilines is 1. The van der Waals surface area contributed by atoms with Crippen molar-refractivity contribution >= 4 is 5.95 Å². The molecular formula is C16H19FN4O. The highest BCUT2D eigenvalue weighted by atomic mass is 19.1. The van der Waals surface area contributed by atoms with Crippen LogP contribution in [0.25, 0.3) is 0 Å². The van der Waals surface area contributed by atoms with Crippen LogP contribution in [-0.4, -0.2) is 48.2 Å². The molecule has 0 unspecified atom stereocenters. The topological polar surface area (TPSA) is 41.5 Å². The maximum atomic E-state index is 13.2. The molecule has 1 aromatic carbocycles. The number of aromatic nitrogens is 2. The van der Waals surface area contributed by atoms with Gasteiger partial charge in [-0.15, -0.1) is 0 Å². The lowest BCUT2D eigenvalue weighted by atomic mass is 10.2. The number of methoxy groups -OCH3 is 1. The van der Waals surface area contributed by atoms with E-state index < -0.39 is 0 Å². The van der Waals surface area contributed by atoms with Crippen molar-refractivity contribution in [1.82, 2.24) is 14.9 Å². The number of ether oxygens (including phenoxy) is 1. The van der Waals surface area contributed by atoms with Crippen LogP contribution < -0.4 is 9.64 Å². The van der Waals surface area contributed by atoms with Gasteiger partial charge in [-0.05, 0) is 17.7 Å². The molecule has 1 aliphatic rings. The van der Waals surface area contributed by atoms with Crippen LogP contribution in [0.2, 0.25) is 0 Å². The highest BCUT2D eigenvalue weighted by Crippen LogP contribution is 2.16. The summed E-state index contributed by atoms with van der Waals surface area (Å²) in [5, 5.41) is 0. The summed E-state index contributed by atoms with van der Waals surface area (Å²) >= 11 is 0. The molecule has 0 atom stereocenters. The van der Waals surface area contributed by atoms with Crippen molar-refractivity contribution in [2.24, 2.45) is 0 Å². The van der Waals surface area contributed by atoms with Crippen molar-refractivity contribution < 1.29 is 9.13 Å². The van der Waals surface area contributed by atoms with Gasteiger partial charge in [0.15, 0.2) is 0 Å². The molecule has 0 spiro atoms. The number of halogens is 1. The van der Waals surface area contributed by atoms with Crippen LogP contribution in [0.4, 0.5) is 10.3 Å². The van der Waals surface area contributed by atoms with Gasteiger partial charge in [0.2, 0.25) is 11.8 Å². The zero-order valence-corrected chi connectivity index (χ0v) is 12.6. The Balaban J connectivity index is 1.58. The molecule has 0 bridgehead atoms. The summed E-state index contributed by atoms with van der Waals surface area (Å²) in [4.78, 5) is 13.1. The van der Waals surface area contributed by atoms with E-state index in [1.807, 2.05) is 6.07 Å². The normalized spacial score (nSPS) is 15.8. The SMILES string of the molecule is COc1ccnc(N2CCN(Cc3cccc(F)c3)CC2)n1. The van der Waals surface area contributed by atoms with E-state index in [1.54, 1.807) is 31.5 Å². The van der Waals surface area contributed by atoms with Gasteiger partial charge in [0.25, 0.3) is 0 Å². The Bertz CT molecular complexity index is 629. The Morgan fingerprint density at radius 3 is 2.73 bits per heavy atom. The number of hydrogen-bond acceptors (Lipinski definition) is 5. The van der Waals surface area contributed by atoms with Gasteiger partial charge in [-0.25, -0.2) is 9.37 Å². The standard InChI is InChI=1S/C16H19FN4O/c1-22-15-5-6-18-16(19-15)21-9-7-20(8-10-21)12-13-3-2-4-14(17)11-13/h2-6,11H,7-10,12H2,1H3. The second-order valence-electron chi connectivity index (χ2n) is 5.29. The lowest BCUT2D eigenvalue weighted by molar-refractivity contribution is 0.248. The minimum absolute atomic E-state index is 0.180. The van der Waals surface area contributed by atoms with Crippen LogP contribution in [0.1, 0.15) is 5.56 Å². The third kappa shape index (κ3) is 3.51. The summed E-state index contributed by atoms with van der Waals surface area (Å²) in [6.45, 7) is 4.27. The molecule has 1 saturated heterocycles. The molecule has 0 amide bonds. The molecule has 0 N–H and O–H groups in total. The van der Waals surface area contributed by atoms with E-state index in [9.17, 15) is 4.39 Å². The van der Waals surface area contributed by atoms with E-state index in [0.29, 0.717) is 11.8 Å². The van der Waals surface area contributed by atoms with E-state index >= 15 is 0 Å². The van der Waals surface area contributed by atoms with Gasteiger partial charge in [0.1, 0.15) is 5.82 Å². The third-order valence-electron chi connectivity index (χ3n) is 3.78. The van der Waals surface area contributed by atoms with Crippen molar-refractivity contribution in [2.45, 2.75) is 6.54 Å². The fraction of sp³-hybridized carbons (Fsp3) is 0.375. The quantitative estimate of drug-likeness (QED) is 0.863. The Kier molecular flexibility index (Phi) is 4.48. The number of hydrogen-bond donors (Lipinski definition) is 0. The zero-order chi connectivity index (χ0) is 15.4. The Labute approximate surface area is 129 Å². The predicted molar refractivity (Wildman–Crippen MR) is 82.5 cm³/mol. The van der Waals surface area contributed by atoms with Gasteiger partial charge in [0, 0.05) is 45.0 Å². The van der Waals surface area contributed by atoms with Crippen molar-refractivity contribution in [2.75, 3.05) is 38.2 Å². The largest absolute Gasteiger partial charge is 0.481 e. The van der Waals surface area contributed by atoms with E-state index in [2.05, 4.69) is 19.8 Å². The third-order valence-corrected chi connectivity index (χ3v) is 3.78. The lowest BCUT2D eigenvalue weighted by Crippen LogP contribution is -2.46. The molecule has 22 heavy (non-hydrogen) atoms. The molecule has 1 fully saturated rings. The first kappa shape index (κ1) is 14.7. The van der Waals surface area contributed by atoms with E-state index in [-0.39, 0.29) is 5.82 Å². The van der Waals surface area contributed by atoms with Gasteiger partial charge in [-0.2, -0.15) is 4.98 Å². The molecule has 2 heterocycles. The maximum absolute atomic E-state index is 13.2. The van der Waals surface area contributed by atoms with Crippen molar-refractivity contribution in [3.8, 4) is 5.88 Å². The lowest BCUT2D eigenvalue weighted by Gasteiger charge is -2.34. The van der Waals surface area contributed by atoms with Gasteiger partial charge in [-0.3, -0.25) is 4.90 Å². The molecule has 0 radical (unpaired) electrons. The van der Waals surface area contributed by atoms with Crippen LogP contribution in [0.15, 0.2) is 36.5 Å². The second-order valence-corrected chi connectivity index (χ2v) is 5.29. The molecule has 2 aromatic rings. The van der Waals surface area contributed by atoms with Crippen molar-refractivity contribution in [3.05, 3.63) is 47.9 Å². The summed E-state index contributed by atoms with van der Waals surface area (Å²) in [6.07, 6.45) is 1.71. The molecular weight excluding hydrogens is 283 g/mol. The van der Waals surface area contributed by atoms with Gasteiger partial charge < -0.3 is 9.64 Å². The minimum atomic E-state index is -0.180. The van der Waals surface area contributed by atoms with Crippen LogP contribution in [0, 0.1) is 5.82 Å². The Hall–Kier alpha value is -2.21. The van der Waals surface area contributed by atoms with E-state index in [0.717, 1.165) is 38.3 Å². The minimum Gasteiger partial charge on any atom is -0.481 e. The Morgan fingerprint density at radius 1 is 1.18 bits per heavy atom. The molecule has 0 aliphatic carbocycles. The van der Waals surface area contributed by atoms with Gasteiger partial charge in [0.05, 0.1) is 7.11 Å². The summed E-state index contributed by atoms with van der Waals surface area (Å²) < 4.78 is 18.4. The fourth-order valence-electron chi connectivity index (χ4n) is 2.60. The number of benzene rings is 1. The van der Waals surface area contributed by atoms with Gasteiger partial charge >= 0.3 is 0 Å². The summed E-state index contributed by atoms with van der Waals surface area (Å²) in [6, 6.07) is 8.52. The fourth-order valence-corrected chi connectivity index (χ4v) is 2.60. The molecule has 3 rings (SSSR count). The van der Waals surface area contributed by atoms with Crippen LogP contribution >= 0.6 is 0 Å². The Morgan fingerprint density at radius 2 is 2.00 bits per heavy atom. The first-order chi connectivity index (χ1) is 10.7. The molecule has 5 nitrogen and oxygen atoms in total. The van der Waals surface area contributed by atoms with Crippen LogP contribution in [0.3, 0.4) is 0 Å². The molecule has 116 valence electrons. The first-order valence-electron chi connectivity index (χ1n) is 7.33. The van der Waals surface area contributed by atoms with Crippen molar-refractivity contribution in [3.63, 3.8) is 0 Å². The molecule has 6 heteroatoms. The highest BCUT2D eigenvalue weighted by Gasteiger charge is 2.19. The zero-order valence-electron chi connectivity index (χ0n) is 12.6. The van der Waals surface area contributed by atoms with E-state index in [1.165, 1.54) is 6.07 Å². The maximum Gasteiger partial charge on any atom is 0.228 e. The number of piperazine rings is 1. The molecule has 1 aliphatic heterocycles. The van der Waals surface area contributed by atoms with E-state index in [4.69, 9.17) is 4.74 Å². The summed E-state index contributed by atoms with van der Waals surface area (Å²) in [7, 11) is 1.60. The molecule has 0 saturated carbocycles. The highest BCUT2D eigenvalue weighted by molar-refractivity contribution is 5.32. The molecule has 1 aromatic heterocycles. The smallest absolute Gasteiger partial charge is 0.228 e. The van der Waals surface area contributed by atoms with Crippen molar-refractivity contribution in [1.29, 1.82) is 0 Å². The summed E-state index contributed by atoms with van der Waals surface area (Å²) in [5.74, 6) is 1.10.